The van der Waals surface area contributed by atoms with Crippen molar-refractivity contribution in [1.29, 1.82) is 0 Å². The Bertz CT molecular complexity index is 261. The lowest BCUT2D eigenvalue weighted by Crippen LogP contribution is -2.50. The molecule has 1 heterocycles. The van der Waals surface area contributed by atoms with E-state index in [1.807, 2.05) is 0 Å². The van der Waals surface area contributed by atoms with Crippen LogP contribution in [0.2, 0.25) is 0 Å². The van der Waals surface area contributed by atoms with Crippen molar-refractivity contribution in [3.63, 3.8) is 0 Å². The highest BCUT2D eigenvalue weighted by Crippen LogP contribution is 2.33. The molecule has 1 amide bonds. The molecule has 1 saturated heterocycles. The number of carbonyl (C=O) groups excluding carboxylic acids is 1. The minimum Gasteiger partial charge on any atom is -0.352 e. The molecule has 0 aromatic carbocycles. The molecule has 3 nitrogen and oxygen atoms in total. The predicted octanol–water partition coefficient (Wildman–Crippen LogP) is 2.07. The van der Waals surface area contributed by atoms with Crippen molar-refractivity contribution in [3.8, 4) is 0 Å². The van der Waals surface area contributed by atoms with E-state index in [1.54, 1.807) is 0 Å². The van der Waals surface area contributed by atoms with Crippen molar-refractivity contribution in [2.75, 3.05) is 6.54 Å². The summed E-state index contributed by atoms with van der Waals surface area (Å²) in [6.07, 6.45) is 7.09. The van der Waals surface area contributed by atoms with Gasteiger partial charge in [0.15, 0.2) is 0 Å². The standard InChI is InChI=1S/C14H26N2O/c1-3-11-7-8-12(10(11)2)16-14(17)13-6-4-5-9-15-13/h10-13,15H,3-9H2,1-2H3,(H,16,17). The maximum absolute atomic E-state index is 12.1. The van der Waals surface area contributed by atoms with E-state index in [1.165, 1.54) is 25.7 Å². The van der Waals surface area contributed by atoms with Gasteiger partial charge in [-0.15, -0.1) is 0 Å². The number of hydrogen-bond donors (Lipinski definition) is 2. The second-order valence-corrected chi connectivity index (χ2v) is 5.72. The molecular weight excluding hydrogens is 212 g/mol. The molecule has 0 aromatic rings. The summed E-state index contributed by atoms with van der Waals surface area (Å²) >= 11 is 0. The summed E-state index contributed by atoms with van der Waals surface area (Å²) in [5, 5.41) is 6.58. The van der Waals surface area contributed by atoms with Gasteiger partial charge in [-0.1, -0.05) is 26.7 Å². The van der Waals surface area contributed by atoms with Crippen LogP contribution in [0, 0.1) is 11.8 Å². The van der Waals surface area contributed by atoms with Crippen LogP contribution in [-0.4, -0.2) is 24.5 Å². The smallest absolute Gasteiger partial charge is 0.237 e. The van der Waals surface area contributed by atoms with Gasteiger partial charge < -0.3 is 10.6 Å². The number of rotatable bonds is 3. The Morgan fingerprint density at radius 3 is 2.71 bits per heavy atom. The molecule has 2 rings (SSSR count). The zero-order valence-corrected chi connectivity index (χ0v) is 11.2. The first-order valence-electron chi connectivity index (χ1n) is 7.26. The molecule has 2 N–H and O–H groups in total. The van der Waals surface area contributed by atoms with Crippen LogP contribution in [0.3, 0.4) is 0 Å². The van der Waals surface area contributed by atoms with Gasteiger partial charge in [0.05, 0.1) is 6.04 Å². The summed E-state index contributed by atoms with van der Waals surface area (Å²) in [5.41, 5.74) is 0. The Balaban J connectivity index is 1.82. The van der Waals surface area contributed by atoms with Crippen molar-refractivity contribution in [2.45, 2.75) is 64.5 Å². The highest BCUT2D eigenvalue weighted by molar-refractivity contribution is 5.82. The fourth-order valence-electron chi connectivity index (χ4n) is 3.39. The largest absolute Gasteiger partial charge is 0.352 e. The zero-order valence-electron chi connectivity index (χ0n) is 11.2. The monoisotopic (exact) mass is 238 g/mol. The topological polar surface area (TPSA) is 41.1 Å². The van der Waals surface area contributed by atoms with Crippen LogP contribution in [0.5, 0.6) is 0 Å². The van der Waals surface area contributed by atoms with E-state index in [9.17, 15) is 4.79 Å². The second kappa shape index (κ2) is 5.85. The van der Waals surface area contributed by atoms with Gasteiger partial charge in [-0.2, -0.15) is 0 Å². The summed E-state index contributed by atoms with van der Waals surface area (Å²) < 4.78 is 0. The van der Waals surface area contributed by atoms with Crippen molar-refractivity contribution < 1.29 is 4.79 Å². The number of amides is 1. The molecule has 1 aliphatic carbocycles. The summed E-state index contributed by atoms with van der Waals surface area (Å²) in [4.78, 5) is 12.1. The molecule has 0 radical (unpaired) electrons. The first-order valence-corrected chi connectivity index (χ1v) is 7.26. The van der Waals surface area contributed by atoms with Crippen LogP contribution in [0.25, 0.3) is 0 Å². The Labute approximate surface area is 105 Å². The van der Waals surface area contributed by atoms with Crippen LogP contribution in [-0.2, 0) is 4.79 Å². The number of hydrogen-bond acceptors (Lipinski definition) is 2. The molecule has 17 heavy (non-hydrogen) atoms. The Morgan fingerprint density at radius 1 is 1.29 bits per heavy atom. The third-order valence-electron chi connectivity index (χ3n) is 4.71. The minimum atomic E-state index is 0.0663. The Morgan fingerprint density at radius 2 is 2.12 bits per heavy atom. The highest BCUT2D eigenvalue weighted by Gasteiger charge is 2.33. The SMILES string of the molecule is CCC1CCC(NC(=O)C2CCCCN2)C1C. The molecule has 4 atom stereocenters. The molecule has 0 spiro atoms. The van der Waals surface area contributed by atoms with E-state index in [-0.39, 0.29) is 11.9 Å². The van der Waals surface area contributed by atoms with Gasteiger partial charge in [-0.05, 0) is 44.1 Å². The molecule has 0 aromatic heterocycles. The lowest BCUT2D eigenvalue weighted by molar-refractivity contribution is -0.124. The van der Waals surface area contributed by atoms with Crippen LogP contribution >= 0.6 is 0 Å². The average molecular weight is 238 g/mol. The number of nitrogens with one attached hydrogen (secondary N) is 2. The third kappa shape index (κ3) is 3.01. The van der Waals surface area contributed by atoms with Crippen molar-refractivity contribution in [1.82, 2.24) is 10.6 Å². The fraction of sp³-hybridized carbons (Fsp3) is 0.929. The third-order valence-corrected chi connectivity index (χ3v) is 4.71. The molecule has 4 unspecified atom stereocenters. The van der Waals surface area contributed by atoms with Crippen molar-refractivity contribution in [2.24, 2.45) is 11.8 Å². The van der Waals surface area contributed by atoms with E-state index in [4.69, 9.17) is 0 Å². The normalized spacial score (nSPS) is 38.0. The number of piperidine rings is 1. The van der Waals surface area contributed by atoms with E-state index in [2.05, 4.69) is 24.5 Å². The fourth-order valence-corrected chi connectivity index (χ4v) is 3.39. The van der Waals surface area contributed by atoms with Gasteiger partial charge in [0, 0.05) is 6.04 Å². The predicted molar refractivity (Wildman–Crippen MR) is 69.8 cm³/mol. The minimum absolute atomic E-state index is 0.0663. The van der Waals surface area contributed by atoms with Crippen LogP contribution < -0.4 is 10.6 Å². The molecule has 0 bridgehead atoms. The lowest BCUT2D eigenvalue weighted by atomic mass is 9.93. The van der Waals surface area contributed by atoms with E-state index < -0.39 is 0 Å². The molecular formula is C14H26N2O. The van der Waals surface area contributed by atoms with Crippen molar-refractivity contribution >= 4 is 5.91 Å². The zero-order chi connectivity index (χ0) is 12.3. The van der Waals surface area contributed by atoms with E-state index >= 15 is 0 Å². The number of carbonyl (C=O) groups is 1. The maximum atomic E-state index is 12.1. The van der Waals surface area contributed by atoms with E-state index in [0.29, 0.717) is 12.0 Å². The first kappa shape index (κ1) is 12.9. The summed E-state index contributed by atoms with van der Waals surface area (Å²) in [6, 6.07) is 0.479. The first-order chi connectivity index (χ1) is 8.22. The van der Waals surface area contributed by atoms with Crippen molar-refractivity contribution in [3.05, 3.63) is 0 Å². The quantitative estimate of drug-likeness (QED) is 0.790. The average Bonchev–Trinajstić information content (AvgIpc) is 2.71. The molecule has 98 valence electrons. The van der Waals surface area contributed by atoms with Gasteiger partial charge in [0.2, 0.25) is 5.91 Å². The molecule has 1 aliphatic heterocycles. The summed E-state index contributed by atoms with van der Waals surface area (Å²) in [7, 11) is 0. The molecule has 1 saturated carbocycles. The van der Waals surface area contributed by atoms with Gasteiger partial charge in [0.25, 0.3) is 0 Å². The Hall–Kier alpha value is -0.570. The molecule has 2 fully saturated rings. The maximum Gasteiger partial charge on any atom is 0.237 e. The Kier molecular flexibility index (Phi) is 4.43. The summed E-state index contributed by atoms with van der Waals surface area (Å²) in [6.45, 7) is 5.55. The van der Waals surface area contributed by atoms with Gasteiger partial charge in [0.1, 0.15) is 0 Å². The summed E-state index contributed by atoms with van der Waals surface area (Å²) in [5.74, 6) is 1.69. The molecule has 3 heteroatoms. The van der Waals surface area contributed by atoms with Gasteiger partial charge in [-0.3, -0.25) is 4.79 Å². The van der Waals surface area contributed by atoms with Crippen LogP contribution in [0.1, 0.15) is 52.4 Å². The second-order valence-electron chi connectivity index (χ2n) is 5.72. The van der Waals surface area contributed by atoms with Gasteiger partial charge in [-0.25, -0.2) is 0 Å². The van der Waals surface area contributed by atoms with Crippen LogP contribution in [0.15, 0.2) is 0 Å². The van der Waals surface area contributed by atoms with E-state index in [0.717, 1.165) is 25.3 Å². The van der Waals surface area contributed by atoms with Crippen LogP contribution in [0.4, 0.5) is 0 Å². The molecule has 2 aliphatic rings. The van der Waals surface area contributed by atoms with Gasteiger partial charge >= 0.3 is 0 Å². The highest BCUT2D eigenvalue weighted by atomic mass is 16.2. The lowest BCUT2D eigenvalue weighted by Gasteiger charge is -2.26.